The zero-order valence-electron chi connectivity index (χ0n) is 21.0. The molecule has 0 N–H and O–H groups in total. The van der Waals surface area contributed by atoms with Gasteiger partial charge in [-0.15, -0.1) is 0 Å². The van der Waals surface area contributed by atoms with Crippen molar-refractivity contribution in [2.45, 2.75) is 45.4 Å². The molecule has 0 atom stereocenters. The summed E-state index contributed by atoms with van der Waals surface area (Å²) < 4.78 is 13.5. The third kappa shape index (κ3) is 4.92. The molecule has 37 heavy (non-hydrogen) atoms. The molecule has 5 rings (SSSR count). The maximum atomic E-state index is 12.5. The van der Waals surface area contributed by atoms with Crippen LogP contribution in [0.5, 0.6) is 0 Å². The van der Waals surface area contributed by atoms with Crippen LogP contribution in [0.25, 0.3) is 27.6 Å². The molecule has 0 aliphatic carbocycles. The minimum absolute atomic E-state index is 0.176. The first kappa shape index (κ1) is 24.5. The van der Waals surface area contributed by atoms with Crippen LogP contribution in [0.15, 0.2) is 71.8 Å². The average Bonchev–Trinajstić information content (AvgIpc) is 3.12. The molecule has 0 bridgehead atoms. The Bertz CT molecular complexity index is 1540. The summed E-state index contributed by atoms with van der Waals surface area (Å²) in [6.45, 7) is 15.4. The maximum Gasteiger partial charge on any atom is 0.498 e. The molecular weight excluding hydrogens is 467 g/mol. The average molecular weight is 492 g/mol. The van der Waals surface area contributed by atoms with Crippen LogP contribution < -0.4 is 11.0 Å². The predicted molar refractivity (Wildman–Crippen MR) is 140 cm³/mol. The minimum atomic E-state index is -0.543. The Morgan fingerprint density at radius 2 is 1.65 bits per heavy atom. The van der Waals surface area contributed by atoms with Gasteiger partial charge in [-0.3, -0.25) is 4.79 Å². The Labute approximate surface area is 215 Å². The second kappa shape index (κ2) is 9.35. The molecule has 3 aromatic heterocycles. The highest BCUT2D eigenvalue weighted by Gasteiger charge is 2.51. The van der Waals surface area contributed by atoms with Crippen LogP contribution in [0.1, 0.15) is 33.4 Å². The van der Waals surface area contributed by atoms with E-state index in [-0.39, 0.29) is 12.1 Å². The van der Waals surface area contributed by atoms with Gasteiger partial charge in [0.15, 0.2) is 11.5 Å². The van der Waals surface area contributed by atoms with Crippen molar-refractivity contribution in [1.29, 1.82) is 0 Å². The SMILES string of the molecule is [C-]#[N+]c1cccc(-c2ccc(=O)n(Cc3cccc(-c4ncc(B5OC(C)(C)C(C)(C)O5)cn4)n3)n2)c1. The summed E-state index contributed by atoms with van der Waals surface area (Å²) in [7, 11) is -0.543. The van der Waals surface area contributed by atoms with Gasteiger partial charge in [0.1, 0.15) is 5.69 Å². The van der Waals surface area contributed by atoms with Crippen molar-refractivity contribution in [3.8, 4) is 22.8 Å². The smallest absolute Gasteiger partial charge is 0.399 e. The van der Waals surface area contributed by atoms with Crippen LogP contribution in [0.4, 0.5) is 5.69 Å². The van der Waals surface area contributed by atoms with Crippen LogP contribution in [0.2, 0.25) is 0 Å². The fourth-order valence-electron chi connectivity index (χ4n) is 3.87. The number of hydrogen-bond acceptors (Lipinski definition) is 7. The van der Waals surface area contributed by atoms with Crippen molar-refractivity contribution >= 4 is 18.3 Å². The van der Waals surface area contributed by atoms with E-state index in [9.17, 15) is 4.79 Å². The van der Waals surface area contributed by atoms with Crippen molar-refractivity contribution in [2.75, 3.05) is 0 Å². The molecule has 1 saturated heterocycles. The lowest BCUT2D eigenvalue weighted by molar-refractivity contribution is 0.00578. The third-order valence-corrected chi connectivity index (χ3v) is 6.68. The van der Waals surface area contributed by atoms with Crippen molar-refractivity contribution in [1.82, 2.24) is 24.7 Å². The van der Waals surface area contributed by atoms with Gasteiger partial charge in [-0.05, 0) is 57.5 Å². The molecular formula is C27H25BN6O3. The zero-order valence-corrected chi connectivity index (χ0v) is 21.0. The first-order chi connectivity index (χ1) is 17.6. The quantitative estimate of drug-likeness (QED) is 0.310. The monoisotopic (exact) mass is 492 g/mol. The van der Waals surface area contributed by atoms with Gasteiger partial charge in [0.2, 0.25) is 0 Å². The van der Waals surface area contributed by atoms with Crippen molar-refractivity contribution in [3.05, 3.63) is 94.5 Å². The second-order valence-electron chi connectivity index (χ2n) is 9.82. The number of rotatable bonds is 5. The van der Waals surface area contributed by atoms with Gasteiger partial charge in [-0.1, -0.05) is 24.3 Å². The largest absolute Gasteiger partial charge is 0.498 e. The summed E-state index contributed by atoms with van der Waals surface area (Å²) in [6, 6.07) is 15.7. The number of aromatic nitrogens is 5. The van der Waals surface area contributed by atoms with Crippen LogP contribution >= 0.6 is 0 Å². The van der Waals surface area contributed by atoms with E-state index < -0.39 is 18.3 Å². The van der Waals surface area contributed by atoms with E-state index in [1.807, 2.05) is 52.0 Å². The third-order valence-electron chi connectivity index (χ3n) is 6.68. The number of nitrogens with zero attached hydrogens (tertiary/aromatic N) is 6. The van der Waals surface area contributed by atoms with Gasteiger partial charge >= 0.3 is 7.12 Å². The van der Waals surface area contributed by atoms with Crippen LogP contribution in [-0.2, 0) is 15.9 Å². The Morgan fingerprint density at radius 1 is 0.946 bits per heavy atom. The molecule has 9 nitrogen and oxygen atoms in total. The van der Waals surface area contributed by atoms with Crippen LogP contribution in [0, 0.1) is 6.57 Å². The molecule has 184 valence electrons. The Morgan fingerprint density at radius 3 is 2.35 bits per heavy atom. The summed E-state index contributed by atoms with van der Waals surface area (Å²) >= 11 is 0. The van der Waals surface area contributed by atoms with E-state index in [0.29, 0.717) is 28.6 Å². The fraction of sp³-hybridized carbons (Fsp3) is 0.259. The zero-order chi connectivity index (χ0) is 26.2. The van der Waals surface area contributed by atoms with Gasteiger partial charge < -0.3 is 9.31 Å². The summed E-state index contributed by atoms with van der Waals surface area (Å²) in [4.78, 5) is 29.6. The molecule has 0 radical (unpaired) electrons. The van der Waals surface area contributed by atoms with E-state index in [2.05, 4.69) is 24.9 Å². The fourth-order valence-corrected chi connectivity index (χ4v) is 3.87. The maximum absolute atomic E-state index is 12.5. The van der Waals surface area contributed by atoms with E-state index in [4.69, 9.17) is 15.9 Å². The highest BCUT2D eigenvalue weighted by molar-refractivity contribution is 6.61. The lowest BCUT2D eigenvalue weighted by Gasteiger charge is -2.32. The standard InChI is InChI=1S/C27H25BN6O3/c1-26(2)27(3,4)37-28(36-26)19-15-30-25(31-16-19)23-11-7-10-21(32-23)17-34-24(35)13-12-22(33-34)18-8-6-9-20(14-18)29-5/h6-16H,17H2,1-4H3. The van der Waals surface area contributed by atoms with Crippen LogP contribution in [0.3, 0.4) is 0 Å². The number of benzene rings is 1. The Kier molecular flexibility index (Phi) is 6.19. The Hall–Kier alpha value is -4.20. The molecule has 10 heteroatoms. The van der Waals surface area contributed by atoms with Gasteiger partial charge in [0, 0.05) is 23.9 Å². The molecule has 0 saturated carbocycles. The topological polar surface area (TPSA) is 96.4 Å². The summed E-state index contributed by atoms with van der Waals surface area (Å²) in [6.07, 6.45) is 3.37. The van der Waals surface area contributed by atoms with Gasteiger partial charge in [0.25, 0.3) is 5.56 Å². The van der Waals surface area contributed by atoms with E-state index in [0.717, 1.165) is 11.0 Å². The molecule has 0 unspecified atom stereocenters. The summed E-state index contributed by atoms with van der Waals surface area (Å²) in [5, 5.41) is 4.50. The van der Waals surface area contributed by atoms with E-state index in [1.54, 1.807) is 36.7 Å². The molecule has 1 aliphatic heterocycles. The first-order valence-corrected chi connectivity index (χ1v) is 11.9. The summed E-state index contributed by atoms with van der Waals surface area (Å²) in [5.74, 6) is 0.451. The van der Waals surface area contributed by atoms with Gasteiger partial charge in [-0.25, -0.2) is 24.5 Å². The van der Waals surface area contributed by atoms with Gasteiger partial charge in [0.05, 0.1) is 35.7 Å². The lowest BCUT2D eigenvalue weighted by Crippen LogP contribution is -2.41. The first-order valence-electron chi connectivity index (χ1n) is 11.9. The Balaban J connectivity index is 1.37. The highest BCUT2D eigenvalue weighted by Crippen LogP contribution is 2.36. The summed E-state index contributed by atoms with van der Waals surface area (Å²) in [5.41, 5.74) is 2.67. The molecule has 4 aromatic rings. The predicted octanol–water partition coefficient (Wildman–Crippen LogP) is 3.66. The highest BCUT2D eigenvalue weighted by atomic mass is 16.7. The van der Waals surface area contributed by atoms with Crippen LogP contribution in [-0.4, -0.2) is 43.1 Å². The van der Waals surface area contributed by atoms with Crippen molar-refractivity contribution < 1.29 is 9.31 Å². The second-order valence-corrected chi connectivity index (χ2v) is 9.82. The molecule has 1 aromatic carbocycles. The molecule has 1 fully saturated rings. The lowest BCUT2D eigenvalue weighted by atomic mass is 9.81. The number of pyridine rings is 1. The van der Waals surface area contributed by atoms with Crippen molar-refractivity contribution in [3.63, 3.8) is 0 Å². The van der Waals surface area contributed by atoms with E-state index >= 15 is 0 Å². The van der Waals surface area contributed by atoms with Gasteiger partial charge in [-0.2, -0.15) is 5.10 Å². The normalized spacial score (nSPS) is 15.9. The molecule has 0 amide bonds. The number of hydrogen-bond donors (Lipinski definition) is 0. The minimum Gasteiger partial charge on any atom is -0.399 e. The molecule has 1 aliphatic rings. The molecule has 0 spiro atoms. The van der Waals surface area contributed by atoms with E-state index in [1.165, 1.54) is 10.7 Å². The van der Waals surface area contributed by atoms with Crippen molar-refractivity contribution in [2.24, 2.45) is 0 Å². The molecule has 4 heterocycles.